The van der Waals surface area contributed by atoms with Crippen LogP contribution in [0, 0.1) is 6.92 Å². The number of para-hydroxylation sites is 1. The lowest BCUT2D eigenvalue weighted by atomic mass is 10.1. The van der Waals surface area contributed by atoms with Crippen molar-refractivity contribution in [3.63, 3.8) is 0 Å². The Morgan fingerprint density at radius 1 is 1.29 bits per heavy atom. The average molecular weight is 422 g/mol. The number of ether oxygens (including phenoxy) is 1. The van der Waals surface area contributed by atoms with E-state index in [0.29, 0.717) is 30.9 Å². The lowest BCUT2D eigenvalue weighted by molar-refractivity contribution is 0.0678. The topological polar surface area (TPSA) is 63.7 Å². The van der Waals surface area contributed by atoms with Crippen LogP contribution in [0.3, 0.4) is 0 Å². The van der Waals surface area contributed by atoms with E-state index < -0.39 is 9.84 Å². The highest BCUT2D eigenvalue weighted by Crippen LogP contribution is 2.28. The van der Waals surface area contributed by atoms with E-state index in [1.165, 1.54) is 0 Å². The number of unbranched alkanes of at least 4 members (excludes halogenated alkanes) is 1. The molecule has 7 heteroatoms. The molecule has 2 heterocycles. The molecule has 1 amide bonds. The second-order valence-corrected chi connectivity index (χ2v) is 10.4. The molecule has 1 aromatic carbocycles. The molecular weight excluding hydrogens is 394 g/mol. The molecule has 1 aromatic heterocycles. The predicted octanol–water partition coefficient (Wildman–Crippen LogP) is 4.06. The predicted molar refractivity (Wildman–Crippen MR) is 113 cm³/mol. The van der Waals surface area contributed by atoms with E-state index in [9.17, 15) is 13.2 Å². The number of hydrogen-bond acceptors (Lipinski definition) is 5. The number of benzene rings is 1. The molecule has 3 rings (SSSR count). The second-order valence-electron chi connectivity index (χ2n) is 7.21. The molecule has 0 spiro atoms. The summed E-state index contributed by atoms with van der Waals surface area (Å²) in [6.45, 7) is 5.09. The van der Waals surface area contributed by atoms with Crippen LogP contribution in [0.25, 0.3) is 0 Å². The maximum Gasteiger partial charge on any atom is 0.258 e. The minimum atomic E-state index is -3.09. The first-order valence-corrected chi connectivity index (χ1v) is 12.4. The van der Waals surface area contributed by atoms with Gasteiger partial charge in [0.2, 0.25) is 0 Å². The van der Waals surface area contributed by atoms with E-state index in [-0.39, 0.29) is 23.5 Å². The maximum atomic E-state index is 13.5. The Hall–Kier alpha value is -1.86. The quantitative estimate of drug-likeness (QED) is 0.603. The molecule has 1 fully saturated rings. The van der Waals surface area contributed by atoms with Gasteiger partial charge in [0.25, 0.3) is 5.91 Å². The molecule has 152 valence electrons. The van der Waals surface area contributed by atoms with Crippen molar-refractivity contribution in [1.82, 2.24) is 4.90 Å². The number of aryl methyl sites for hydroxylation is 1. The molecule has 5 nitrogen and oxygen atoms in total. The van der Waals surface area contributed by atoms with Crippen LogP contribution in [0.1, 0.15) is 47.0 Å². The summed E-state index contributed by atoms with van der Waals surface area (Å²) in [7, 11) is -3.09. The first-order valence-electron chi connectivity index (χ1n) is 9.67. The Balaban J connectivity index is 1.89. The molecule has 2 aromatic rings. The van der Waals surface area contributed by atoms with Gasteiger partial charge >= 0.3 is 0 Å². The third-order valence-corrected chi connectivity index (χ3v) is 7.82. The van der Waals surface area contributed by atoms with Crippen molar-refractivity contribution in [3.8, 4) is 5.75 Å². The minimum Gasteiger partial charge on any atom is -0.493 e. The number of nitrogens with zero attached hydrogens (tertiary/aromatic N) is 1. The molecule has 0 unspecified atom stereocenters. The number of hydrogen-bond donors (Lipinski definition) is 0. The van der Waals surface area contributed by atoms with Crippen LogP contribution in [-0.2, 0) is 16.4 Å². The first kappa shape index (κ1) is 20.9. The van der Waals surface area contributed by atoms with Gasteiger partial charge in [0.15, 0.2) is 9.84 Å². The van der Waals surface area contributed by atoms with Crippen LogP contribution in [0.4, 0.5) is 0 Å². The van der Waals surface area contributed by atoms with Gasteiger partial charge in [-0.15, -0.1) is 11.3 Å². The minimum absolute atomic E-state index is 0.0298. The summed E-state index contributed by atoms with van der Waals surface area (Å²) in [5.74, 6) is 0.568. The van der Waals surface area contributed by atoms with Gasteiger partial charge in [0, 0.05) is 10.9 Å². The van der Waals surface area contributed by atoms with Gasteiger partial charge in [0.05, 0.1) is 30.2 Å². The Kier molecular flexibility index (Phi) is 6.78. The smallest absolute Gasteiger partial charge is 0.258 e. The third-order valence-electron chi connectivity index (χ3n) is 5.07. The molecule has 1 saturated heterocycles. The fraction of sp³-hybridized carbons (Fsp3) is 0.476. The standard InChI is InChI=1S/C21H27NO4S2/c1-3-4-11-26-19-8-6-5-7-18(19)21(23)22(14-20-16(2)9-12-27-20)17-10-13-28(24,25)15-17/h5-9,12,17H,3-4,10-11,13-15H2,1-2H3/t17-/m1/s1. The summed E-state index contributed by atoms with van der Waals surface area (Å²) in [5, 5.41) is 2.00. The lowest BCUT2D eigenvalue weighted by Crippen LogP contribution is -2.40. The van der Waals surface area contributed by atoms with Gasteiger partial charge in [-0.2, -0.15) is 0 Å². The zero-order chi connectivity index (χ0) is 20.1. The molecule has 0 aliphatic carbocycles. The van der Waals surface area contributed by atoms with Crippen LogP contribution in [0.15, 0.2) is 35.7 Å². The van der Waals surface area contributed by atoms with Crippen molar-refractivity contribution in [2.75, 3.05) is 18.1 Å². The summed E-state index contributed by atoms with van der Waals surface area (Å²) in [4.78, 5) is 16.3. The summed E-state index contributed by atoms with van der Waals surface area (Å²) >= 11 is 1.60. The molecule has 0 N–H and O–H groups in total. The summed E-state index contributed by atoms with van der Waals surface area (Å²) < 4.78 is 30.0. The summed E-state index contributed by atoms with van der Waals surface area (Å²) in [6, 6.07) is 8.97. The number of amides is 1. The van der Waals surface area contributed by atoms with Crippen molar-refractivity contribution >= 4 is 27.1 Å². The number of carbonyl (C=O) groups excluding carboxylic acids is 1. The first-order chi connectivity index (χ1) is 13.4. The van der Waals surface area contributed by atoms with Crippen molar-refractivity contribution < 1.29 is 17.9 Å². The van der Waals surface area contributed by atoms with Crippen LogP contribution in [0.2, 0.25) is 0 Å². The second kappa shape index (κ2) is 9.09. The number of rotatable bonds is 8. The van der Waals surface area contributed by atoms with Crippen LogP contribution in [0.5, 0.6) is 5.75 Å². The summed E-state index contributed by atoms with van der Waals surface area (Å²) in [6.07, 6.45) is 2.42. The van der Waals surface area contributed by atoms with E-state index in [1.54, 1.807) is 22.3 Å². The third kappa shape index (κ3) is 4.94. The van der Waals surface area contributed by atoms with Gasteiger partial charge in [-0.25, -0.2) is 8.42 Å². The van der Waals surface area contributed by atoms with E-state index in [0.717, 1.165) is 23.3 Å². The van der Waals surface area contributed by atoms with Crippen molar-refractivity contribution in [2.45, 2.75) is 45.7 Å². The molecular formula is C21H27NO4S2. The van der Waals surface area contributed by atoms with Gasteiger partial charge in [-0.05, 0) is 48.9 Å². The average Bonchev–Trinajstić information content (AvgIpc) is 3.24. The summed E-state index contributed by atoms with van der Waals surface area (Å²) in [5.41, 5.74) is 1.62. The van der Waals surface area contributed by atoms with Crippen molar-refractivity contribution in [1.29, 1.82) is 0 Å². The van der Waals surface area contributed by atoms with Crippen molar-refractivity contribution in [2.24, 2.45) is 0 Å². The highest BCUT2D eigenvalue weighted by atomic mass is 32.2. The molecule has 1 aliphatic heterocycles. The lowest BCUT2D eigenvalue weighted by Gasteiger charge is -2.29. The zero-order valence-electron chi connectivity index (χ0n) is 16.4. The number of thiophene rings is 1. The number of sulfone groups is 1. The molecule has 1 atom stereocenters. The van der Waals surface area contributed by atoms with Gasteiger partial charge in [-0.3, -0.25) is 4.79 Å². The highest BCUT2D eigenvalue weighted by Gasteiger charge is 2.36. The zero-order valence-corrected chi connectivity index (χ0v) is 18.0. The van der Waals surface area contributed by atoms with E-state index in [1.807, 2.05) is 36.6 Å². The normalized spacial score (nSPS) is 18.1. The largest absolute Gasteiger partial charge is 0.493 e. The Morgan fingerprint density at radius 3 is 2.71 bits per heavy atom. The molecule has 1 aliphatic rings. The molecule has 0 bridgehead atoms. The fourth-order valence-corrected chi connectivity index (χ4v) is 5.99. The van der Waals surface area contributed by atoms with E-state index >= 15 is 0 Å². The van der Waals surface area contributed by atoms with Crippen LogP contribution >= 0.6 is 11.3 Å². The SMILES string of the molecule is CCCCOc1ccccc1C(=O)N(Cc1sccc1C)[C@@H]1CCS(=O)(=O)C1. The highest BCUT2D eigenvalue weighted by molar-refractivity contribution is 7.91. The van der Waals surface area contributed by atoms with Gasteiger partial charge in [0.1, 0.15) is 5.75 Å². The Bertz CT molecular complexity index is 920. The van der Waals surface area contributed by atoms with Crippen molar-refractivity contribution in [3.05, 3.63) is 51.7 Å². The van der Waals surface area contributed by atoms with Gasteiger partial charge < -0.3 is 9.64 Å². The van der Waals surface area contributed by atoms with E-state index in [2.05, 4.69) is 6.92 Å². The monoisotopic (exact) mass is 421 g/mol. The Labute approximate surface area is 171 Å². The van der Waals surface area contributed by atoms with Gasteiger partial charge in [-0.1, -0.05) is 25.5 Å². The van der Waals surface area contributed by atoms with E-state index in [4.69, 9.17) is 4.74 Å². The molecule has 0 radical (unpaired) electrons. The molecule has 0 saturated carbocycles. The van der Waals surface area contributed by atoms with Crippen LogP contribution in [-0.4, -0.2) is 43.4 Å². The maximum absolute atomic E-state index is 13.5. The molecule has 28 heavy (non-hydrogen) atoms. The fourth-order valence-electron chi connectivity index (χ4n) is 3.36. The number of carbonyl (C=O) groups is 1. The van der Waals surface area contributed by atoms with Crippen LogP contribution < -0.4 is 4.74 Å². The Morgan fingerprint density at radius 2 is 2.07 bits per heavy atom.